The van der Waals surface area contributed by atoms with Crippen LogP contribution in [0.2, 0.25) is 0 Å². The van der Waals surface area contributed by atoms with Crippen molar-refractivity contribution in [2.24, 2.45) is 0 Å². The Balaban J connectivity index is 1.80. The van der Waals surface area contributed by atoms with Gasteiger partial charge in [0.05, 0.1) is 16.4 Å². The molecular formula is C9H11N3OS. The van der Waals surface area contributed by atoms with Crippen LogP contribution in [-0.2, 0) is 0 Å². The van der Waals surface area contributed by atoms with Crippen molar-refractivity contribution in [3.05, 3.63) is 11.6 Å². The zero-order valence-electron chi connectivity index (χ0n) is 7.62. The highest BCUT2D eigenvalue weighted by molar-refractivity contribution is 7.16. The molecule has 3 heterocycles. The van der Waals surface area contributed by atoms with Crippen molar-refractivity contribution in [2.45, 2.75) is 19.0 Å². The molecule has 2 aromatic rings. The Bertz CT molecular complexity index is 401. The largest absolute Gasteiger partial charge is 0.421 e. The molecule has 0 amide bonds. The number of nitrogens with zero attached hydrogens (tertiary/aromatic N) is 1. The lowest BCUT2D eigenvalue weighted by molar-refractivity contribution is 0.582. The summed E-state index contributed by atoms with van der Waals surface area (Å²) in [5, 5.41) is 6.66. The summed E-state index contributed by atoms with van der Waals surface area (Å²) < 4.78 is 6.62. The Morgan fingerprint density at radius 1 is 1.64 bits per heavy atom. The van der Waals surface area contributed by atoms with Crippen LogP contribution < -0.4 is 10.6 Å². The highest BCUT2D eigenvalue weighted by Gasteiger charge is 2.15. The van der Waals surface area contributed by atoms with Gasteiger partial charge in [-0.2, -0.15) is 0 Å². The minimum atomic E-state index is 0.357. The van der Waals surface area contributed by atoms with Crippen LogP contribution >= 0.6 is 11.3 Å². The lowest BCUT2D eigenvalue weighted by Crippen LogP contribution is -2.29. The van der Waals surface area contributed by atoms with Crippen molar-refractivity contribution < 1.29 is 4.42 Å². The molecule has 4 nitrogen and oxygen atoms in total. The van der Waals surface area contributed by atoms with E-state index in [-0.39, 0.29) is 0 Å². The standard InChI is InChI=1S/C9H11N3OS/c1-2-7(10-3-1)12-8-4-6-9(13-8)11-5-14-6/h4-5,7,10,12H,1-3H2. The minimum Gasteiger partial charge on any atom is -0.421 e. The summed E-state index contributed by atoms with van der Waals surface area (Å²) in [5.41, 5.74) is 2.53. The van der Waals surface area contributed by atoms with Gasteiger partial charge in [-0.1, -0.05) is 0 Å². The smallest absolute Gasteiger partial charge is 0.239 e. The minimum absolute atomic E-state index is 0.357. The van der Waals surface area contributed by atoms with Crippen LogP contribution in [0, 0.1) is 0 Å². The molecule has 0 spiro atoms. The van der Waals surface area contributed by atoms with Gasteiger partial charge in [-0.3, -0.25) is 5.32 Å². The number of rotatable bonds is 2. The van der Waals surface area contributed by atoms with Crippen LogP contribution in [-0.4, -0.2) is 17.7 Å². The molecule has 14 heavy (non-hydrogen) atoms. The summed E-state index contributed by atoms with van der Waals surface area (Å²) in [4.78, 5) is 4.11. The van der Waals surface area contributed by atoms with E-state index in [1.165, 1.54) is 6.42 Å². The molecule has 1 atom stereocenters. The van der Waals surface area contributed by atoms with Gasteiger partial charge in [-0.05, 0) is 19.4 Å². The number of fused-ring (bicyclic) bond motifs is 1. The van der Waals surface area contributed by atoms with Gasteiger partial charge in [-0.15, -0.1) is 11.3 Å². The first-order valence-electron chi connectivity index (χ1n) is 4.75. The SMILES string of the molecule is c1nc2oc(NC3CCCN3)cc2s1. The fraction of sp³-hybridized carbons (Fsp3) is 0.444. The fourth-order valence-corrected chi connectivity index (χ4v) is 2.35. The fourth-order valence-electron chi connectivity index (χ4n) is 1.72. The molecular weight excluding hydrogens is 198 g/mol. The van der Waals surface area contributed by atoms with Crippen molar-refractivity contribution in [2.75, 3.05) is 11.9 Å². The summed E-state index contributed by atoms with van der Waals surface area (Å²) in [5.74, 6) is 0.818. The maximum atomic E-state index is 5.52. The van der Waals surface area contributed by atoms with E-state index in [4.69, 9.17) is 4.42 Å². The molecule has 2 aromatic heterocycles. The van der Waals surface area contributed by atoms with Crippen molar-refractivity contribution in [3.63, 3.8) is 0 Å². The van der Waals surface area contributed by atoms with E-state index in [0.717, 1.165) is 29.3 Å². The summed E-state index contributed by atoms with van der Waals surface area (Å²) in [6.45, 7) is 1.09. The van der Waals surface area contributed by atoms with Gasteiger partial charge in [-0.25, -0.2) is 4.98 Å². The van der Waals surface area contributed by atoms with Crippen molar-refractivity contribution in [1.29, 1.82) is 0 Å². The van der Waals surface area contributed by atoms with Crippen LogP contribution in [0.3, 0.4) is 0 Å². The molecule has 1 aliphatic heterocycles. The molecule has 0 saturated carbocycles. The van der Waals surface area contributed by atoms with Gasteiger partial charge in [0, 0.05) is 6.07 Å². The third kappa shape index (κ3) is 1.38. The predicted octanol–water partition coefficient (Wildman–Crippen LogP) is 2.01. The van der Waals surface area contributed by atoms with Gasteiger partial charge in [0.15, 0.2) is 5.88 Å². The van der Waals surface area contributed by atoms with E-state index in [1.807, 2.05) is 6.07 Å². The Morgan fingerprint density at radius 3 is 3.43 bits per heavy atom. The molecule has 1 saturated heterocycles. The van der Waals surface area contributed by atoms with Crippen molar-refractivity contribution in [3.8, 4) is 0 Å². The van der Waals surface area contributed by atoms with Crippen LogP contribution in [0.1, 0.15) is 12.8 Å². The number of thiazole rings is 1. The molecule has 74 valence electrons. The number of hydrogen-bond acceptors (Lipinski definition) is 5. The van der Waals surface area contributed by atoms with Crippen LogP contribution in [0.4, 0.5) is 5.88 Å². The maximum Gasteiger partial charge on any atom is 0.239 e. The van der Waals surface area contributed by atoms with E-state index in [9.17, 15) is 0 Å². The van der Waals surface area contributed by atoms with E-state index < -0.39 is 0 Å². The van der Waals surface area contributed by atoms with Crippen molar-refractivity contribution >= 4 is 27.6 Å². The molecule has 2 N–H and O–H groups in total. The normalized spacial score (nSPS) is 21.9. The maximum absolute atomic E-state index is 5.52. The summed E-state index contributed by atoms with van der Waals surface area (Å²) in [6, 6.07) is 2.01. The Morgan fingerprint density at radius 2 is 2.64 bits per heavy atom. The third-order valence-electron chi connectivity index (χ3n) is 2.41. The average Bonchev–Trinajstić information content (AvgIpc) is 2.78. The zero-order valence-corrected chi connectivity index (χ0v) is 8.43. The van der Waals surface area contributed by atoms with Gasteiger partial charge in [0.25, 0.3) is 0 Å². The summed E-state index contributed by atoms with van der Waals surface area (Å²) >= 11 is 1.60. The molecule has 0 aromatic carbocycles. The number of furan rings is 1. The van der Waals surface area contributed by atoms with E-state index in [2.05, 4.69) is 15.6 Å². The molecule has 3 rings (SSSR count). The zero-order chi connectivity index (χ0) is 9.38. The topological polar surface area (TPSA) is 50.1 Å². The highest BCUT2D eigenvalue weighted by atomic mass is 32.1. The predicted molar refractivity (Wildman–Crippen MR) is 56.5 cm³/mol. The van der Waals surface area contributed by atoms with E-state index >= 15 is 0 Å². The second kappa shape index (κ2) is 3.25. The lowest BCUT2D eigenvalue weighted by atomic mass is 10.3. The molecule has 0 aliphatic carbocycles. The van der Waals surface area contributed by atoms with Crippen molar-refractivity contribution in [1.82, 2.24) is 10.3 Å². The van der Waals surface area contributed by atoms with Gasteiger partial charge in [0.2, 0.25) is 5.71 Å². The van der Waals surface area contributed by atoms with E-state index in [1.54, 1.807) is 16.8 Å². The molecule has 5 heteroatoms. The summed E-state index contributed by atoms with van der Waals surface area (Å²) in [7, 11) is 0. The number of nitrogens with one attached hydrogen (secondary N) is 2. The Hall–Kier alpha value is -1.07. The van der Waals surface area contributed by atoms with Gasteiger partial charge < -0.3 is 9.73 Å². The van der Waals surface area contributed by atoms with Crippen LogP contribution in [0.5, 0.6) is 0 Å². The van der Waals surface area contributed by atoms with Crippen LogP contribution in [0.15, 0.2) is 16.0 Å². The summed E-state index contributed by atoms with van der Waals surface area (Å²) in [6.07, 6.45) is 2.74. The molecule has 1 fully saturated rings. The molecule has 1 unspecified atom stereocenters. The second-order valence-electron chi connectivity index (χ2n) is 3.43. The Labute approximate surface area is 85.3 Å². The molecule has 1 aliphatic rings. The first-order valence-corrected chi connectivity index (χ1v) is 5.63. The van der Waals surface area contributed by atoms with E-state index in [0.29, 0.717) is 6.17 Å². The number of anilines is 1. The average molecular weight is 209 g/mol. The molecule has 0 radical (unpaired) electrons. The highest BCUT2D eigenvalue weighted by Crippen LogP contribution is 2.26. The number of hydrogen-bond donors (Lipinski definition) is 2. The van der Waals surface area contributed by atoms with Gasteiger partial charge in [0.1, 0.15) is 0 Å². The Kier molecular flexibility index (Phi) is 1.92. The monoisotopic (exact) mass is 209 g/mol. The molecule has 0 bridgehead atoms. The first kappa shape index (κ1) is 8.26. The third-order valence-corrected chi connectivity index (χ3v) is 3.16. The second-order valence-corrected chi connectivity index (χ2v) is 4.31. The number of aromatic nitrogens is 1. The van der Waals surface area contributed by atoms with Gasteiger partial charge >= 0.3 is 0 Å². The lowest BCUT2D eigenvalue weighted by Gasteiger charge is -2.10. The van der Waals surface area contributed by atoms with Crippen LogP contribution in [0.25, 0.3) is 10.4 Å². The first-order chi connectivity index (χ1) is 6.92. The quantitative estimate of drug-likeness (QED) is 0.794.